The van der Waals surface area contributed by atoms with Gasteiger partial charge in [0.15, 0.2) is 0 Å². The van der Waals surface area contributed by atoms with Crippen molar-refractivity contribution in [3.05, 3.63) is 58.7 Å². The Balaban J connectivity index is 2.01. The molecule has 0 aliphatic heterocycles. The normalized spacial score (nSPS) is 15.8. The van der Waals surface area contributed by atoms with Gasteiger partial charge in [-0.1, -0.05) is 36.4 Å². The van der Waals surface area contributed by atoms with Gasteiger partial charge in [0, 0.05) is 0 Å². The maximum atomic E-state index is 2.35. The van der Waals surface area contributed by atoms with Gasteiger partial charge in [-0.2, -0.15) is 0 Å². The Labute approximate surface area is 95.9 Å². The summed E-state index contributed by atoms with van der Waals surface area (Å²) in [5, 5.41) is 0. The van der Waals surface area contributed by atoms with E-state index in [1.807, 2.05) is 0 Å². The third kappa shape index (κ3) is 0.996. The van der Waals surface area contributed by atoms with Crippen LogP contribution in [-0.4, -0.2) is 0 Å². The first-order valence-electron chi connectivity index (χ1n) is 6.15. The fourth-order valence-electron chi connectivity index (χ4n) is 3.32. The average molecular weight is 206 g/mol. The molecule has 16 heavy (non-hydrogen) atoms. The van der Waals surface area contributed by atoms with Crippen molar-refractivity contribution < 1.29 is 0 Å². The summed E-state index contributed by atoms with van der Waals surface area (Å²) < 4.78 is 0. The predicted octanol–water partition coefficient (Wildman–Crippen LogP) is 3.75. The summed E-state index contributed by atoms with van der Waals surface area (Å²) in [6.07, 6.45) is 5.10. The second-order valence-electron chi connectivity index (χ2n) is 4.92. The molecule has 0 saturated heterocycles. The molecule has 2 aliphatic carbocycles. The minimum absolute atomic E-state index is 1.16. The van der Waals surface area contributed by atoms with Crippen molar-refractivity contribution in [2.75, 3.05) is 0 Å². The number of benzene rings is 2. The Morgan fingerprint density at radius 1 is 0.688 bits per heavy atom. The molecule has 78 valence electrons. The van der Waals surface area contributed by atoms with Gasteiger partial charge >= 0.3 is 0 Å². The number of hydrogen-bond acceptors (Lipinski definition) is 0. The molecule has 0 nitrogen and oxygen atoms in total. The quantitative estimate of drug-likeness (QED) is 0.525. The molecule has 4 rings (SSSR count). The van der Waals surface area contributed by atoms with Crippen LogP contribution >= 0.6 is 0 Å². The number of rotatable bonds is 0. The first-order valence-corrected chi connectivity index (χ1v) is 6.15. The highest BCUT2D eigenvalue weighted by atomic mass is 14.3. The molecule has 2 aliphatic rings. The van der Waals surface area contributed by atoms with E-state index in [0.29, 0.717) is 0 Å². The molecular weight excluding hydrogens is 192 g/mol. The SMILES string of the molecule is c1ccc2c(c1)Cc1c-2ccc2c1CCC2. The van der Waals surface area contributed by atoms with Gasteiger partial charge in [-0.25, -0.2) is 0 Å². The summed E-state index contributed by atoms with van der Waals surface area (Å²) in [6, 6.07) is 13.5. The van der Waals surface area contributed by atoms with E-state index in [-0.39, 0.29) is 0 Å². The molecule has 0 aromatic heterocycles. The molecule has 0 atom stereocenters. The summed E-state index contributed by atoms with van der Waals surface area (Å²) in [7, 11) is 0. The molecule has 0 amide bonds. The van der Waals surface area contributed by atoms with Crippen LogP contribution in [0.15, 0.2) is 36.4 Å². The average Bonchev–Trinajstić information content (AvgIpc) is 2.92. The van der Waals surface area contributed by atoms with Crippen molar-refractivity contribution in [2.45, 2.75) is 25.7 Å². The maximum Gasteiger partial charge on any atom is -0.00106 e. The van der Waals surface area contributed by atoms with Gasteiger partial charge in [-0.05, 0) is 59.1 Å². The second kappa shape index (κ2) is 2.98. The van der Waals surface area contributed by atoms with E-state index < -0.39 is 0 Å². The molecule has 0 heteroatoms. The minimum atomic E-state index is 1.16. The first kappa shape index (κ1) is 8.58. The Hall–Kier alpha value is -1.56. The Bertz CT molecular complexity index is 579. The summed E-state index contributed by atoms with van der Waals surface area (Å²) in [5.41, 5.74) is 9.36. The van der Waals surface area contributed by atoms with Gasteiger partial charge in [0.2, 0.25) is 0 Å². The molecule has 0 fully saturated rings. The molecular formula is C16H14. The van der Waals surface area contributed by atoms with Crippen LogP contribution in [0.25, 0.3) is 11.1 Å². The summed E-state index contributed by atoms with van der Waals surface area (Å²) in [6.45, 7) is 0. The molecule has 0 unspecified atom stereocenters. The molecule has 0 spiro atoms. The zero-order valence-corrected chi connectivity index (χ0v) is 9.29. The van der Waals surface area contributed by atoms with E-state index in [0.717, 1.165) is 6.42 Å². The molecule has 2 aromatic rings. The van der Waals surface area contributed by atoms with E-state index in [9.17, 15) is 0 Å². The van der Waals surface area contributed by atoms with E-state index in [1.165, 1.54) is 36.0 Å². The number of aryl methyl sites for hydroxylation is 1. The zero-order valence-electron chi connectivity index (χ0n) is 9.29. The third-order valence-electron chi connectivity index (χ3n) is 4.08. The monoisotopic (exact) mass is 206 g/mol. The highest BCUT2D eigenvalue weighted by molar-refractivity contribution is 5.78. The lowest BCUT2D eigenvalue weighted by Crippen LogP contribution is -1.91. The van der Waals surface area contributed by atoms with Crippen LogP contribution in [0.3, 0.4) is 0 Å². The highest BCUT2D eigenvalue weighted by Crippen LogP contribution is 2.41. The Morgan fingerprint density at radius 3 is 2.62 bits per heavy atom. The number of fused-ring (bicyclic) bond motifs is 5. The molecule has 0 saturated carbocycles. The van der Waals surface area contributed by atoms with Crippen molar-refractivity contribution in [1.82, 2.24) is 0 Å². The van der Waals surface area contributed by atoms with Crippen molar-refractivity contribution in [1.29, 1.82) is 0 Å². The van der Waals surface area contributed by atoms with Crippen LogP contribution in [0.4, 0.5) is 0 Å². The van der Waals surface area contributed by atoms with E-state index in [4.69, 9.17) is 0 Å². The largest absolute Gasteiger partial charge is 0.0619 e. The number of hydrogen-bond donors (Lipinski definition) is 0. The second-order valence-corrected chi connectivity index (χ2v) is 4.92. The molecule has 0 bridgehead atoms. The highest BCUT2D eigenvalue weighted by Gasteiger charge is 2.24. The van der Waals surface area contributed by atoms with Crippen molar-refractivity contribution in [3.8, 4) is 11.1 Å². The third-order valence-corrected chi connectivity index (χ3v) is 4.08. The standard InChI is InChI=1S/C16H14/c1-2-6-14-12(4-1)10-16-13-7-3-5-11(13)8-9-15(14)16/h1-2,4,6,8-9H,3,5,7,10H2. The van der Waals surface area contributed by atoms with Crippen LogP contribution in [-0.2, 0) is 19.3 Å². The molecule has 0 radical (unpaired) electrons. The fourth-order valence-corrected chi connectivity index (χ4v) is 3.32. The van der Waals surface area contributed by atoms with Gasteiger partial charge in [0.05, 0.1) is 0 Å². The maximum absolute atomic E-state index is 2.35. The van der Waals surface area contributed by atoms with Gasteiger partial charge in [0.1, 0.15) is 0 Å². The topological polar surface area (TPSA) is 0 Å². The molecule has 0 N–H and O–H groups in total. The van der Waals surface area contributed by atoms with Gasteiger partial charge in [0.25, 0.3) is 0 Å². The van der Waals surface area contributed by atoms with Crippen molar-refractivity contribution in [3.63, 3.8) is 0 Å². The zero-order chi connectivity index (χ0) is 10.5. The predicted molar refractivity (Wildman–Crippen MR) is 66.7 cm³/mol. The van der Waals surface area contributed by atoms with E-state index >= 15 is 0 Å². The smallest absolute Gasteiger partial charge is 0.00106 e. The van der Waals surface area contributed by atoms with Crippen molar-refractivity contribution in [2.24, 2.45) is 0 Å². The van der Waals surface area contributed by atoms with Crippen LogP contribution in [0, 0.1) is 0 Å². The first-order chi connectivity index (χ1) is 7.93. The Kier molecular flexibility index (Phi) is 1.59. The fraction of sp³-hybridized carbons (Fsp3) is 0.250. The molecule has 0 heterocycles. The lowest BCUT2D eigenvalue weighted by molar-refractivity contribution is 0.908. The lowest BCUT2D eigenvalue weighted by Gasteiger charge is -2.06. The van der Waals surface area contributed by atoms with Crippen LogP contribution in [0.1, 0.15) is 28.7 Å². The van der Waals surface area contributed by atoms with Crippen LogP contribution in [0.5, 0.6) is 0 Å². The summed E-state index contributed by atoms with van der Waals surface area (Å²) in [5.74, 6) is 0. The van der Waals surface area contributed by atoms with E-state index in [1.54, 1.807) is 16.7 Å². The van der Waals surface area contributed by atoms with Gasteiger partial charge < -0.3 is 0 Å². The van der Waals surface area contributed by atoms with Gasteiger partial charge in [-0.15, -0.1) is 0 Å². The molecule has 2 aromatic carbocycles. The Morgan fingerprint density at radius 2 is 1.62 bits per heavy atom. The summed E-state index contributed by atoms with van der Waals surface area (Å²) >= 11 is 0. The minimum Gasteiger partial charge on any atom is -0.0619 e. The lowest BCUT2D eigenvalue weighted by atomic mass is 9.98. The van der Waals surface area contributed by atoms with Crippen LogP contribution < -0.4 is 0 Å². The van der Waals surface area contributed by atoms with E-state index in [2.05, 4.69) is 36.4 Å². The van der Waals surface area contributed by atoms with Gasteiger partial charge in [-0.3, -0.25) is 0 Å². The summed E-state index contributed by atoms with van der Waals surface area (Å²) in [4.78, 5) is 0. The van der Waals surface area contributed by atoms with Crippen molar-refractivity contribution >= 4 is 0 Å². The van der Waals surface area contributed by atoms with Crippen LogP contribution in [0.2, 0.25) is 0 Å².